The van der Waals surface area contributed by atoms with Gasteiger partial charge in [0.1, 0.15) is 0 Å². The number of ether oxygens (including phenoxy) is 2. The molecule has 0 spiro atoms. The third-order valence-corrected chi connectivity index (χ3v) is 5.63. The minimum absolute atomic E-state index is 0.0743. The molecule has 0 saturated heterocycles. The van der Waals surface area contributed by atoms with Gasteiger partial charge in [-0.1, -0.05) is 12.1 Å². The Balaban J connectivity index is 1.68. The second kappa shape index (κ2) is 6.05. The van der Waals surface area contributed by atoms with Crippen molar-refractivity contribution in [1.82, 2.24) is 0 Å². The summed E-state index contributed by atoms with van der Waals surface area (Å²) in [5, 5.41) is 3.50. The van der Waals surface area contributed by atoms with E-state index in [1.54, 1.807) is 0 Å². The van der Waals surface area contributed by atoms with Crippen molar-refractivity contribution in [2.45, 2.75) is 25.2 Å². The quantitative estimate of drug-likeness (QED) is 0.874. The average Bonchev–Trinajstić information content (AvgIpc) is 3.12. The SMILES string of the molecule is CN(C)c1ccc(C2C3=C(CCCC3=O)Nc3cc4c(cc32)OCO4)cc1. The molecule has 2 aromatic rings. The van der Waals surface area contributed by atoms with Gasteiger partial charge in [0.15, 0.2) is 17.3 Å². The number of hydrogen-bond donors (Lipinski definition) is 1. The zero-order chi connectivity index (χ0) is 18.5. The van der Waals surface area contributed by atoms with Gasteiger partial charge < -0.3 is 19.7 Å². The van der Waals surface area contributed by atoms with Crippen molar-refractivity contribution in [3.05, 3.63) is 58.8 Å². The van der Waals surface area contributed by atoms with Gasteiger partial charge in [-0.15, -0.1) is 0 Å². The van der Waals surface area contributed by atoms with Crippen molar-refractivity contribution in [2.75, 3.05) is 31.1 Å². The highest BCUT2D eigenvalue weighted by Crippen LogP contribution is 2.49. The van der Waals surface area contributed by atoms with E-state index in [4.69, 9.17) is 9.47 Å². The molecule has 0 fully saturated rings. The smallest absolute Gasteiger partial charge is 0.231 e. The summed E-state index contributed by atoms with van der Waals surface area (Å²) in [6, 6.07) is 12.5. The number of nitrogens with one attached hydrogen (secondary N) is 1. The molecular weight excluding hydrogens is 340 g/mol. The van der Waals surface area contributed by atoms with Crippen molar-refractivity contribution in [1.29, 1.82) is 0 Å². The van der Waals surface area contributed by atoms with Crippen LogP contribution in [0.4, 0.5) is 11.4 Å². The second-order valence-corrected chi connectivity index (χ2v) is 7.51. The van der Waals surface area contributed by atoms with Crippen LogP contribution in [0.3, 0.4) is 0 Å². The largest absolute Gasteiger partial charge is 0.454 e. The summed E-state index contributed by atoms with van der Waals surface area (Å²) >= 11 is 0. The summed E-state index contributed by atoms with van der Waals surface area (Å²) in [6.07, 6.45) is 2.42. The van der Waals surface area contributed by atoms with Crippen LogP contribution in [-0.4, -0.2) is 26.7 Å². The van der Waals surface area contributed by atoms with E-state index in [1.807, 2.05) is 26.2 Å². The highest BCUT2D eigenvalue weighted by atomic mass is 16.7. The standard InChI is InChI=1S/C22H22N2O3/c1-24(2)14-8-6-13(7-9-14)21-15-10-19-20(27-12-26-19)11-17(15)23-16-4-3-5-18(25)22(16)21/h6-11,21,23H,3-5,12H2,1-2H3. The zero-order valence-electron chi connectivity index (χ0n) is 15.5. The molecule has 2 aromatic carbocycles. The number of hydrogen-bond acceptors (Lipinski definition) is 5. The molecule has 1 N–H and O–H groups in total. The molecule has 5 rings (SSSR count). The fourth-order valence-corrected chi connectivity index (χ4v) is 4.26. The Kier molecular flexibility index (Phi) is 3.64. The number of ketones is 1. The fourth-order valence-electron chi connectivity index (χ4n) is 4.26. The number of benzene rings is 2. The zero-order valence-corrected chi connectivity index (χ0v) is 15.5. The van der Waals surface area contributed by atoms with Crippen LogP contribution < -0.4 is 19.7 Å². The predicted octanol–water partition coefficient (Wildman–Crippen LogP) is 4.05. The van der Waals surface area contributed by atoms with Crippen LogP contribution in [0.5, 0.6) is 11.5 Å². The minimum Gasteiger partial charge on any atom is -0.454 e. The number of allylic oxidation sites excluding steroid dienone is 2. The van der Waals surface area contributed by atoms with Crippen LogP contribution in [0.1, 0.15) is 36.3 Å². The summed E-state index contributed by atoms with van der Waals surface area (Å²) in [7, 11) is 4.06. The lowest BCUT2D eigenvalue weighted by Crippen LogP contribution is -2.26. The molecule has 2 heterocycles. The molecule has 5 nitrogen and oxygen atoms in total. The third kappa shape index (κ3) is 2.57. The van der Waals surface area contributed by atoms with Gasteiger partial charge in [-0.05, 0) is 42.2 Å². The highest BCUT2D eigenvalue weighted by Gasteiger charge is 2.36. The number of fused-ring (bicyclic) bond motifs is 2. The second-order valence-electron chi connectivity index (χ2n) is 7.51. The van der Waals surface area contributed by atoms with Crippen molar-refractivity contribution < 1.29 is 14.3 Å². The molecule has 3 aliphatic rings. The van der Waals surface area contributed by atoms with Crippen LogP contribution in [0.2, 0.25) is 0 Å². The van der Waals surface area contributed by atoms with Gasteiger partial charge in [-0.2, -0.15) is 0 Å². The van der Waals surface area contributed by atoms with Crippen molar-refractivity contribution in [3.63, 3.8) is 0 Å². The van der Waals surface area contributed by atoms with Crippen LogP contribution in [0, 0.1) is 0 Å². The van der Waals surface area contributed by atoms with E-state index in [2.05, 4.69) is 34.5 Å². The maximum absolute atomic E-state index is 12.9. The highest BCUT2D eigenvalue weighted by molar-refractivity contribution is 6.01. The van der Waals surface area contributed by atoms with Crippen molar-refractivity contribution in [2.24, 2.45) is 0 Å². The number of anilines is 2. The molecule has 0 radical (unpaired) electrons. The summed E-state index contributed by atoms with van der Waals surface area (Å²) < 4.78 is 11.2. The molecule has 0 amide bonds. The van der Waals surface area contributed by atoms with Gasteiger partial charge >= 0.3 is 0 Å². The van der Waals surface area contributed by atoms with Gasteiger partial charge in [0.2, 0.25) is 6.79 Å². The summed E-state index contributed by atoms with van der Waals surface area (Å²) in [6.45, 7) is 0.243. The van der Waals surface area contributed by atoms with Gasteiger partial charge in [-0.3, -0.25) is 4.79 Å². The van der Waals surface area contributed by atoms with Crippen LogP contribution >= 0.6 is 0 Å². The molecule has 0 bridgehead atoms. The van der Waals surface area contributed by atoms with E-state index in [0.717, 1.165) is 58.1 Å². The first-order chi connectivity index (χ1) is 13.1. The first kappa shape index (κ1) is 16.2. The molecule has 5 heteroatoms. The van der Waals surface area contributed by atoms with E-state index < -0.39 is 0 Å². The van der Waals surface area contributed by atoms with Crippen LogP contribution in [0.15, 0.2) is 47.7 Å². The van der Waals surface area contributed by atoms with E-state index in [1.165, 1.54) is 0 Å². The molecule has 0 saturated carbocycles. The van der Waals surface area contributed by atoms with Gasteiger partial charge in [0.05, 0.1) is 0 Å². The number of Topliss-reactive ketones (excluding diaryl/α,β-unsaturated/α-hetero) is 1. The Morgan fingerprint density at radius 2 is 1.78 bits per heavy atom. The van der Waals surface area contributed by atoms with Gasteiger partial charge in [-0.25, -0.2) is 0 Å². The van der Waals surface area contributed by atoms with Gasteiger partial charge in [0.25, 0.3) is 0 Å². The Bertz CT molecular complexity index is 960. The molecule has 27 heavy (non-hydrogen) atoms. The number of nitrogens with zero attached hydrogens (tertiary/aromatic N) is 1. The van der Waals surface area contributed by atoms with E-state index in [-0.39, 0.29) is 18.5 Å². The molecule has 1 unspecified atom stereocenters. The van der Waals surface area contributed by atoms with Crippen LogP contribution in [-0.2, 0) is 4.79 Å². The fraction of sp³-hybridized carbons (Fsp3) is 0.318. The Labute approximate surface area is 158 Å². The maximum atomic E-state index is 12.9. The Hall–Kier alpha value is -2.95. The lowest BCUT2D eigenvalue weighted by atomic mass is 9.75. The lowest BCUT2D eigenvalue weighted by molar-refractivity contribution is -0.116. The lowest BCUT2D eigenvalue weighted by Gasteiger charge is -2.34. The molecule has 1 aliphatic carbocycles. The van der Waals surface area contributed by atoms with Crippen molar-refractivity contribution in [3.8, 4) is 11.5 Å². The van der Waals surface area contributed by atoms with Crippen molar-refractivity contribution >= 4 is 17.2 Å². The maximum Gasteiger partial charge on any atom is 0.231 e. The minimum atomic E-state index is -0.0743. The normalized spacial score (nSPS) is 20.1. The summed E-state index contributed by atoms with van der Waals surface area (Å²) in [4.78, 5) is 14.9. The first-order valence-electron chi connectivity index (χ1n) is 9.36. The summed E-state index contributed by atoms with van der Waals surface area (Å²) in [5.41, 5.74) is 6.32. The van der Waals surface area contributed by atoms with E-state index in [9.17, 15) is 4.79 Å². The predicted molar refractivity (Wildman–Crippen MR) is 105 cm³/mol. The Morgan fingerprint density at radius 3 is 2.52 bits per heavy atom. The first-order valence-corrected chi connectivity index (χ1v) is 9.36. The van der Waals surface area contributed by atoms with E-state index >= 15 is 0 Å². The third-order valence-electron chi connectivity index (χ3n) is 5.63. The summed E-state index contributed by atoms with van der Waals surface area (Å²) in [5.74, 6) is 1.68. The average molecular weight is 362 g/mol. The number of rotatable bonds is 2. The molecule has 2 aliphatic heterocycles. The van der Waals surface area contributed by atoms with Crippen LogP contribution in [0.25, 0.3) is 0 Å². The molecule has 1 atom stereocenters. The molecule has 138 valence electrons. The Morgan fingerprint density at radius 1 is 1.04 bits per heavy atom. The monoisotopic (exact) mass is 362 g/mol. The topological polar surface area (TPSA) is 50.8 Å². The molecular formula is C22H22N2O3. The van der Waals surface area contributed by atoms with E-state index in [0.29, 0.717) is 6.42 Å². The number of carbonyl (C=O) groups is 1. The van der Waals surface area contributed by atoms with Gasteiger partial charge in [0, 0.05) is 55.1 Å². The molecule has 0 aromatic heterocycles. The number of carbonyl (C=O) groups excluding carboxylic acids is 1.